The lowest BCUT2D eigenvalue weighted by Gasteiger charge is -2.37. The third-order valence-corrected chi connectivity index (χ3v) is 5.93. The zero-order chi connectivity index (χ0) is 23.3. The average molecular weight is 442 g/mol. The van der Waals surface area contributed by atoms with Crippen LogP contribution < -0.4 is 20.9 Å². The molecule has 1 unspecified atom stereocenters. The number of benzene rings is 2. The summed E-state index contributed by atoms with van der Waals surface area (Å²) in [5.41, 5.74) is 3.60. The second kappa shape index (κ2) is 10.5. The molecule has 3 amide bonds. The minimum atomic E-state index is -0.393. The monoisotopic (exact) mass is 441 g/mol. The summed E-state index contributed by atoms with van der Waals surface area (Å²) in [6, 6.07) is 9.05. The number of carbonyl (C=O) groups is 2. The van der Waals surface area contributed by atoms with Crippen molar-refractivity contribution in [3.05, 3.63) is 58.9 Å². The molecule has 1 atom stereocenters. The molecule has 1 aliphatic heterocycles. The molecule has 0 saturated carbocycles. The predicted molar refractivity (Wildman–Crippen MR) is 126 cm³/mol. The number of anilines is 2. The van der Waals surface area contributed by atoms with E-state index in [1.807, 2.05) is 13.8 Å². The number of halogens is 1. The van der Waals surface area contributed by atoms with Crippen LogP contribution in [0, 0.1) is 12.7 Å². The Kier molecular flexibility index (Phi) is 7.69. The van der Waals surface area contributed by atoms with Crippen molar-refractivity contribution >= 4 is 23.3 Å². The van der Waals surface area contributed by atoms with Gasteiger partial charge in [-0.2, -0.15) is 0 Å². The van der Waals surface area contributed by atoms with Gasteiger partial charge in [-0.1, -0.05) is 6.92 Å². The molecule has 1 fully saturated rings. The van der Waals surface area contributed by atoms with Crippen LogP contribution in [0.1, 0.15) is 41.4 Å². The van der Waals surface area contributed by atoms with Crippen LogP contribution in [0.4, 0.5) is 20.6 Å². The van der Waals surface area contributed by atoms with Crippen LogP contribution in [-0.4, -0.2) is 56.6 Å². The van der Waals surface area contributed by atoms with Crippen LogP contribution in [0.2, 0.25) is 0 Å². The number of rotatable bonds is 6. The zero-order valence-corrected chi connectivity index (χ0v) is 19.2. The minimum Gasteiger partial charge on any atom is -0.369 e. The molecule has 0 aromatic heterocycles. The highest BCUT2D eigenvalue weighted by Crippen LogP contribution is 2.28. The molecule has 7 nitrogen and oxygen atoms in total. The normalized spacial score (nSPS) is 15.2. The Morgan fingerprint density at radius 3 is 2.44 bits per heavy atom. The van der Waals surface area contributed by atoms with Gasteiger partial charge in [-0.25, -0.2) is 9.18 Å². The fraction of sp³-hybridized carbons (Fsp3) is 0.417. The first-order valence-corrected chi connectivity index (χ1v) is 11.0. The highest BCUT2D eigenvalue weighted by atomic mass is 19.1. The first kappa shape index (κ1) is 23.5. The molecule has 2 aromatic carbocycles. The second-order valence-corrected chi connectivity index (χ2v) is 8.05. The summed E-state index contributed by atoms with van der Waals surface area (Å²) in [7, 11) is 1.57. The molecular weight excluding hydrogens is 409 g/mol. The highest BCUT2D eigenvalue weighted by Gasteiger charge is 2.22. The fourth-order valence-corrected chi connectivity index (χ4v) is 3.99. The number of carbonyl (C=O) groups excluding carboxylic acids is 2. The summed E-state index contributed by atoms with van der Waals surface area (Å²) >= 11 is 0. The van der Waals surface area contributed by atoms with Gasteiger partial charge in [0, 0.05) is 55.7 Å². The van der Waals surface area contributed by atoms with E-state index in [4.69, 9.17) is 0 Å². The molecular formula is C24H32FN5O2. The van der Waals surface area contributed by atoms with Crippen molar-refractivity contribution in [1.82, 2.24) is 15.5 Å². The van der Waals surface area contributed by atoms with Gasteiger partial charge in [-0.15, -0.1) is 0 Å². The van der Waals surface area contributed by atoms with Gasteiger partial charge >= 0.3 is 6.03 Å². The number of aryl methyl sites for hydroxylation is 1. The van der Waals surface area contributed by atoms with Crippen molar-refractivity contribution in [2.45, 2.75) is 26.8 Å². The first-order valence-electron chi connectivity index (χ1n) is 11.0. The maximum absolute atomic E-state index is 14.1. The fourth-order valence-electron chi connectivity index (χ4n) is 3.99. The molecule has 8 heteroatoms. The lowest BCUT2D eigenvalue weighted by Crippen LogP contribution is -2.46. The topological polar surface area (TPSA) is 76.7 Å². The quantitative estimate of drug-likeness (QED) is 0.641. The van der Waals surface area contributed by atoms with E-state index in [2.05, 4.69) is 32.7 Å². The summed E-state index contributed by atoms with van der Waals surface area (Å²) < 4.78 is 14.1. The Hall–Kier alpha value is -3.13. The van der Waals surface area contributed by atoms with Crippen molar-refractivity contribution < 1.29 is 14.0 Å². The van der Waals surface area contributed by atoms with E-state index in [0.29, 0.717) is 11.3 Å². The third kappa shape index (κ3) is 5.56. The molecule has 1 saturated heterocycles. The predicted octanol–water partition coefficient (Wildman–Crippen LogP) is 3.52. The largest absolute Gasteiger partial charge is 0.369 e. The van der Waals surface area contributed by atoms with Gasteiger partial charge in [0.15, 0.2) is 0 Å². The molecule has 0 bridgehead atoms. The molecule has 3 N–H and O–H groups in total. The zero-order valence-electron chi connectivity index (χ0n) is 19.2. The van der Waals surface area contributed by atoms with Crippen LogP contribution in [0.5, 0.6) is 0 Å². The summed E-state index contributed by atoms with van der Waals surface area (Å²) in [6.45, 7) is 10.5. The van der Waals surface area contributed by atoms with Crippen LogP contribution in [0.15, 0.2) is 36.4 Å². The number of piperazine rings is 1. The molecule has 32 heavy (non-hydrogen) atoms. The van der Waals surface area contributed by atoms with Gasteiger partial charge < -0.3 is 25.8 Å². The standard InChI is InChI=1S/C24H32FN5O2/c1-5-29-10-12-30(13-11-29)22-9-7-19(25)15-20(22)17(3)27-24(32)28-21-8-6-18(14-16(21)2)23(31)26-4/h6-9,14-15,17H,5,10-13H2,1-4H3,(H,26,31)(H2,27,28,32). The number of hydrogen-bond acceptors (Lipinski definition) is 4. The highest BCUT2D eigenvalue weighted by molar-refractivity contribution is 5.96. The lowest BCUT2D eigenvalue weighted by atomic mass is 10.0. The van der Waals surface area contributed by atoms with Crippen molar-refractivity contribution in [2.75, 3.05) is 50.0 Å². The molecule has 3 rings (SSSR count). The van der Waals surface area contributed by atoms with Gasteiger partial charge in [0.2, 0.25) is 0 Å². The number of likely N-dealkylation sites (N-methyl/N-ethyl adjacent to an activating group) is 1. The van der Waals surface area contributed by atoms with Crippen molar-refractivity contribution in [3.8, 4) is 0 Å². The molecule has 0 aliphatic carbocycles. The van der Waals surface area contributed by atoms with Crippen LogP contribution >= 0.6 is 0 Å². The van der Waals surface area contributed by atoms with E-state index >= 15 is 0 Å². The van der Waals surface area contributed by atoms with Gasteiger partial charge in [0.05, 0.1) is 6.04 Å². The van der Waals surface area contributed by atoms with E-state index in [1.165, 1.54) is 12.1 Å². The van der Waals surface area contributed by atoms with Gasteiger partial charge in [-0.05, 0) is 62.4 Å². The Labute approximate surface area is 189 Å². The average Bonchev–Trinajstić information content (AvgIpc) is 2.79. The second-order valence-electron chi connectivity index (χ2n) is 8.05. The number of hydrogen-bond donors (Lipinski definition) is 3. The number of nitrogens with one attached hydrogen (secondary N) is 3. The smallest absolute Gasteiger partial charge is 0.319 e. The molecule has 1 heterocycles. The number of nitrogens with zero attached hydrogens (tertiary/aromatic N) is 2. The molecule has 2 aromatic rings. The van der Waals surface area contributed by atoms with Gasteiger partial charge in [0.1, 0.15) is 5.82 Å². The Bertz CT molecular complexity index is 973. The summed E-state index contributed by atoms with van der Waals surface area (Å²) in [4.78, 5) is 29.1. The van der Waals surface area contributed by atoms with Crippen LogP contribution in [0.3, 0.4) is 0 Å². The van der Waals surface area contributed by atoms with E-state index in [0.717, 1.165) is 49.5 Å². The van der Waals surface area contributed by atoms with E-state index in [-0.39, 0.29) is 17.8 Å². The number of urea groups is 1. The van der Waals surface area contributed by atoms with Crippen molar-refractivity contribution in [1.29, 1.82) is 0 Å². The lowest BCUT2D eigenvalue weighted by molar-refractivity contribution is 0.0963. The molecule has 1 aliphatic rings. The Morgan fingerprint density at radius 2 is 1.81 bits per heavy atom. The first-order chi connectivity index (χ1) is 15.3. The summed E-state index contributed by atoms with van der Waals surface area (Å²) in [6.07, 6.45) is 0. The maximum Gasteiger partial charge on any atom is 0.319 e. The van der Waals surface area contributed by atoms with Crippen LogP contribution in [0.25, 0.3) is 0 Å². The van der Waals surface area contributed by atoms with E-state index < -0.39 is 6.04 Å². The maximum atomic E-state index is 14.1. The summed E-state index contributed by atoms with van der Waals surface area (Å²) in [5, 5.41) is 8.32. The van der Waals surface area contributed by atoms with Crippen LogP contribution in [-0.2, 0) is 0 Å². The SMILES string of the molecule is CCN1CCN(c2ccc(F)cc2C(C)NC(=O)Nc2ccc(C(=O)NC)cc2C)CC1. The Morgan fingerprint density at radius 1 is 1.09 bits per heavy atom. The van der Waals surface area contributed by atoms with Crippen molar-refractivity contribution in [2.24, 2.45) is 0 Å². The summed E-state index contributed by atoms with van der Waals surface area (Å²) in [5.74, 6) is -0.512. The van der Waals surface area contributed by atoms with Gasteiger partial charge in [-0.3, -0.25) is 4.79 Å². The Balaban J connectivity index is 1.70. The molecule has 0 radical (unpaired) electrons. The van der Waals surface area contributed by atoms with E-state index in [1.54, 1.807) is 31.3 Å². The third-order valence-electron chi connectivity index (χ3n) is 5.93. The number of amides is 3. The van der Waals surface area contributed by atoms with Crippen molar-refractivity contribution in [3.63, 3.8) is 0 Å². The molecule has 0 spiro atoms. The minimum absolute atomic E-state index is 0.184. The van der Waals surface area contributed by atoms with E-state index in [9.17, 15) is 14.0 Å². The van der Waals surface area contributed by atoms with Gasteiger partial charge in [0.25, 0.3) is 5.91 Å². The molecule has 172 valence electrons.